The number of hydrogen-bond acceptors (Lipinski definition) is 5. The van der Waals surface area contributed by atoms with Gasteiger partial charge in [0.15, 0.2) is 0 Å². The smallest absolute Gasteiger partial charge is 0.259 e. The number of rotatable bonds is 7. The SMILES string of the molecule is C=CC1=C(/C=C(\C)Cl)C(O)CCCN1C(=O)c1ccc(NC(=O)C2=CCCC=C2ON=[N+]=[N-])cc1C. The van der Waals surface area contributed by atoms with Crippen LogP contribution in [-0.4, -0.2) is 34.5 Å². The fourth-order valence-electron chi connectivity index (χ4n) is 4.20. The molecule has 0 saturated heterocycles. The lowest BCUT2D eigenvalue weighted by atomic mass is 10.0. The zero-order valence-electron chi connectivity index (χ0n) is 20.2. The molecule has 0 spiro atoms. The molecule has 188 valence electrons. The predicted octanol–water partition coefficient (Wildman–Crippen LogP) is 5.96. The number of hydrogen-bond donors (Lipinski definition) is 2. The quantitative estimate of drug-likeness (QED) is 0.203. The second-order valence-electron chi connectivity index (χ2n) is 8.40. The van der Waals surface area contributed by atoms with Crippen LogP contribution >= 0.6 is 11.6 Å². The van der Waals surface area contributed by atoms with Gasteiger partial charge < -0.3 is 20.2 Å². The molecular weight excluding hydrogens is 482 g/mol. The molecule has 1 aliphatic heterocycles. The van der Waals surface area contributed by atoms with Crippen LogP contribution in [0.3, 0.4) is 0 Å². The lowest BCUT2D eigenvalue weighted by Gasteiger charge is -2.25. The molecule has 36 heavy (non-hydrogen) atoms. The number of aliphatic hydroxyl groups is 1. The molecule has 1 unspecified atom stereocenters. The van der Waals surface area contributed by atoms with E-state index in [-0.39, 0.29) is 17.2 Å². The first kappa shape index (κ1) is 26.8. The van der Waals surface area contributed by atoms with Crippen LogP contribution in [0.15, 0.2) is 82.0 Å². The van der Waals surface area contributed by atoms with Gasteiger partial charge in [0.05, 0.1) is 11.7 Å². The third-order valence-electron chi connectivity index (χ3n) is 5.84. The molecule has 2 N–H and O–H groups in total. The molecule has 1 aromatic rings. The molecule has 1 atom stereocenters. The van der Waals surface area contributed by atoms with E-state index in [1.54, 1.807) is 61.3 Å². The van der Waals surface area contributed by atoms with Gasteiger partial charge in [0.1, 0.15) is 11.0 Å². The van der Waals surface area contributed by atoms with Gasteiger partial charge in [0.2, 0.25) is 0 Å². The highest BCUT2D eigenvalue weighted by Gasteiger charge is 2.27. The number of carbonyl (C=O) groups excluding carboxylic acids is 2. The highest BCUT2D eigenvalue weighted by atomic mass is 35.5. The standard InChI is InChI=1S/C26H28ClN5O4/c1-4-22-21(15-17(3)27)23(33)9-7-13-32(22)26(35)19-12-11-18(14-16(19)2)29-25(34)20-8-5-6-10-24(20)36-31-30-28/h4,8,10-12,14-15,23,33H,1,5-7,9,13H2,2-3H3,(H,29,34)/b17-15+. The maximum Gasteiger partial charge on any atom is 0.259 e. The number of azide groups is 1. The van der Waals surface area contributed by atoms with E-state index in [0.717, 1.165) is 0 Å². The number of nitrogens with one attached hydrogen (secondary N) is 1. The van der Waals surface area contributed by atoms with Crippen molar-refractivity contribution in [3.8, 4) is 0 Å². The molecule has 1 heterocycles. The van der Waals surface area contributed by atoms with Gasteiger partial charge in [-0.3, -0.25) is 9.59 Å². The number of amides is 2. The molecule has 0 radical (unpaired) electrons. The van der Waals surface area contributed by atoms with Gasteiger partial charge in [-0.15, -0.1) is 0 Å². The topological polar surface area (TPSA) is 128 Å². The first-order chi connectivity index (χ1) is 17.3. The maximum absolute atomic E-state index is 13.6. The summed E-state index contributed by atoms with van der Waals surface area (Å²) in [7, 11) is 0. The molecule has 3 rings (SSSR count). The minimum atomic E-state index is -0.751. The average molecular weight is 510 g/mol. The summed E-state index contributed by atoms with van der Waals surface area (Å²) in [5, 5.41) is 17.0. The van der Waals surface area contributed by atoms with E-state index in [2.05, 4.69) is 22.1 Å². The lowest BCUT2D eigenvalue weighted by Crippen LogP contribution is -2.31. The molecule has 1 aromatic carbocycles. The zero-order valence-corrected chi connectivity index (χ0v) is 21.0. The molecule has 2 aliphatic rings. The van der Waals surface area contributed by atoms with E-state index < -0.39 is 12.0 Å². The van der Waals surface area contributed by atoms with E-state index in [1.807, 2.05) is 0 Å². The van der Waals surface area contributed by atoms with Gasteiger partial charge in [0.25, 0.3) is 11.8 Å². The van der Waals surface area contributed by atoms with E-state index in [1.165, 1.54) is 0 Å². The van der Waals surface area contributed by atoms with Gasteiger partial charge >= 0.3 is 0 Å². The van der Waals surface area contributed by atoms with Crippen LogP contribution < -0.4 is 5.32 Å². The highest BCUT2D eigenvalue weighted by Crippen LogP contribution is 2.29. The Morgan fingerprint density at radius 3 is 2.78 bits per heavy atom. The number of anilines is 1. The first-order valence-corrected chi connectivity index (χ1v) is 11.9. The van der Waals surface area contributed by atoms with E-state index >= 15 is 0 Å². The van der Waals surface area contributed by atoms with Crippen molar-refractivity contribution in [2.45, 2.75) is 45.6 Å². The second kappa shape index (κ2) is 12.3. The second-order valence-corrected chi connectivity index (χ2v) is 9.00. The van der Waals surface area contributed by atoms with Gasteiger partial charge in [-0.25, -0.2) is 0 Å². The Kier molecular flexibility index (Phi) is 9.13. The Labute approximate surface area is 214 Å². The van der Waals surface area contributed by atoms with Gasteiger partial charge in [-0.05, 0) is 87.1 Å². The number of aliphatic hydroxyl groups excluding tert-OH is 1. The number of aryl methyl sites for hydroxylation is 1. The fourth-order valence-corrected chi connectivity index (χ4v) is 4.32. The third kappa shape index (κ3) is 6.26. The molecule has 0 saturated carbocycles. The van der Waals surface area contributed by atoms with Crippen molar-refractivity contribution in [1.29, 1.82) is 0 Å². The Balaban J connectivity index is 1.85. The van der Waals surface area contributed by atoms with Crippen LogP contribution in [0.2, 0.25) is 0 Å². The summed E-state index contributed by atoms with van der Waals surface area (Å²) in [6.07, 6.45) is 8.30. The summed E-state index contributed by atoms with van der Waals surface area (Å²) < 4.78 is 0. The Hall–Kier alpha value is -3.78. The maximum atomic E-state index is 13.6. The van der Waals surface area contributed by atoms with E-state index in [0.29, 0.717) is 65.3 Å². The van der Waals surface area contributed by atoms with Crippen LogP contribution in [0, 0.1) is 6.92 Å². The minimum Gasteiger partial charge on any atom is -0.394 e. The Morgan fingerprint density at radius 1 is 1.36 bits per heavy atom. The summed E-state index contributed by atoms with van der Waals surface area (Å²) in [4.78, 5) is 35.5. The van der Waals surface area contributed by atoms with Crippen molar-refractivity contribution in [1.82, 2.24) is 4.90 Å². The molecule has 1 aliphatic carbocycles. The van der Waals surface area contributed by atoms with E-state index in [4.69, 9.17) is 22.0 Å². The summed E-state index contributed by atoms with van der Waals surface area (Å²) in [5.41, 5.74) is 11.4. The summed E-state index contributed by atoms with van der Waals surface area (Å²) in [6, 6.07) is 5.01. The zero-order chi connectivity index (χ0) is 26.2. The van der Waals surface area contributed by atoms with Crippen LogP contribution in [-0.2, 0) is 9.63 Å². The molecule has 0 aromatic heterocycles. The summed E-state index contributed by atoms with van der Waals surface area (Å²) in [6.45, 7) is 7.77. The van der Waals surface area contributed by atoms with Gasteiger partial charge in [-0.2, -0.15) is 0 Å². The number of carbonyl (C=O) groups is 2. The average Bonchev–Trinajstić information content (AvgIpc) is 3.00. The largest absolute Gasteiger partial charge is 0.394 e. The Bertz CT molecular complexity index is 1240. The molecule has 2 amide bonds. The van der Waals surface area contributed by atoms with Crippen LogP contribution in [0.4, 0.5) is 5.69 Å². The van der Waals surface area contributed by atoms with E-state index in [9.17, 15) is 14.7 Å². The van der Waals surface area contributed by atoms with Crippen LogP contribution in [0.5, 0.6) is 0 Å². The van der Waals surface area contributed by atoms with Crippen molar-refractivity contribution in [3.05, 3.63) is 98.3 Å². The highest BCUT2D eigenvalue weighted by molar-refractivity contribution is 6.29. The monoisotopic (exact) mass is 509 g/mol. The van der Waals surface area contributed by atoms with Crippen LogP contribution in [0.25, 0.3) is 10.4 Å². The minimum absolute atomic E-state index is 0.198. The molecule has 9 nitrogen and oxygen atoms in total. The number of benzene rings is 1. The Morgan fingerprint density at radius 2 is 2.11 bits per heavy atom. The van der Waals surface area contributed by atoms with Crippen molar-refractivity contribution < 1.29 is 19.5 Å². The molecule has 10 heteroatoms. The van der Waals surface area contributed by atoms with Crippen molar-refractivity contribution >= 4 is 29.1 Å². The fraction of sp³-hybridized carbons (Fsp3) is 0.308. The predicted molar refractivity (Wildman–Crippen MR) is 139 cm³/mol. The number of nitrogens with zero attached hydrogens (tertiary/aromatic N) is 4. The molecule has 0 bridgehead atoms. The van der Waals surface area contributed by atoms with Gasteiger partial charge in [-0.1, -0.05) is 24.3 Å². The van der Waals surface area contributed by atoms with Crippen molar-refractivity contribution in [2.75, 3.05) is 11.9 Å². The van der Waals surface area contributed by atoms with Crippen molar-refractivity contribution in [2.24, 2.45) is 5.28 Å². The molecule has 0 fully saturated rings. The number of allylic oxidation sites excluding steroid dienone is 4. The first-order valence-electron chi connectivity index (χ1n) is 11.5. The molecular formula is C26H28ClN5O4. The third-order valence-corrected chi connectivity index (χ3v) is 5.95. The normalized spacial score (nSPS) is 18.4. The number of halogens is 1. The van der Waals surface area contributed by atoms with Gasteiger partial charge in [0, 0.05) is 39.0 Å². The lowest BCUT2D eigenvalue weighted by molar-refractivity contribution is -0.113. The van der Waals surface area contributed by atoms with Crippen molar-refractivity contribution in [3.63, 3.8) is 0 Å². The summed E-state index contributed by atoms with van der Waals surface area (Å²) >= 11 is 6.08. The summed E-state index contributed by atoms with van der Waals surface area (Å²) in [5.74, 6) is -0.460. The van der Waals surface area contributed by atoms with Crippen LogP contribution in [0.1, 0.15) is 48.5 Å².